The molecule has 0 aliphatic carbocycles. The lowest BCUT2D eigenvalue weighted by molar-refractivity contribution is 0.304. The number of anilines is 2. The smallest absolute Gasteiger partial charge is 0.165 e. The summed E-state index contributed by atoms with van der Waals surface area (Å²) in [4.78, 5) is 1.97. The first-order chi connectivity index (χ1) is 10.6. The highest BCUT2D eigenvalue weighted by atomic mass is 19.1. The van der Waals surface area contributed by atoms with E-state index in [1.165, 1.54) is 13.2 Å². The predicted octanol–water partition coefficient (Wildman–Crippen LogP) is 2.87. The molecule has 0 spiro atoms. The second kappa shape index (κ2) is 7.66. The molecule has 0 amide bonds. The molecule has 0 bridgehead atoms. The first kappa shape index (κ1) is 16.1. The maximum Gasteiger partial charge on any atom is 0.165 e. The lowest BCUT2D eigenvalue weighted by Crippen LogP contribution is -2.20. The summed E-state index contributed by atoms with van der Waals surface area (Å²) < 4.78 is 18.5. The molecule has 2 N–H and O–H groups in total. The Bertz CT molecular complexity index is 602. The summed E-state index contributed by atoms with van der Waals surface area (Å²) in [7, 11) is 3.38. The Morgan fingerprint density at radius 3 is 2.50 bits per heavy atom. The molecule has 2 rings (SSSR count). The molecule has 5 heteroatoms. The van der Waals surface area contributed by atoms with E-state index in [9.17, 15) is 4.39 Å². The van der Waals surface area contributed by atoms with Crippen molar-refractivity contribution in [1.29, 1.82) is 0 Å². The number of nitrogens with zero attached hydrogens (tertiary/aromatic N) is 1. The van der Waals surface area contributed by atoms with Gasteiger partial charge in [-0.25, -0.2) is 4.39 Å². The molecule has 0 heterocycles. The van der Waals surface area contributed by atoms with E-state index in [-0.39, 0.29) is 18.2 Å². The lowest BCUT2D eigenvalue weighted by atomic mass is 10.2. The summed E-state index contributed by atoms with van der Waals surface area (Å²) >= 11 is 0. The third-order valence-corrected chi connectivity index (χ3v) is 3.46. The molecule has 2 aromatic carbocycles. The highest BCUT2D eigenvalue weighted by Crippen LogP contribution is 2.20. The zero-order valence-corrected chi connectivity index (χ0v) is 12.8. The van der Waals surface area contributed by atoms with Crippen LogP contribution >= 0.6 is 0 Å². The van der Waals surface area contributed by atoms with E-state index in [1.807, 2.05) is 42.3 Å². The minimum absolute atomic E-state index is 0.125. The van der Waals surface area contributed by atoms with Crippen LogP contribution in [0, 0.1) is 5.82 Å². The number of rotatable bonds is 7. The molecular weight excluding hydrogens is 283 g/mol. The third-order valence-electron chi connectivity index (χ3n) is 3.46. The van der Waals surface area contributed by atoms with Gasteiger partial charge < -0.3 is 20.1 Å². The van der Waals surface area contributed by atoms with Gasteiger partial charge in [-0.2, -0.15) is 0 Å². The standard InChI is InChI=1S/C17H21FN2O2/c1-20(9-10-21)15-6-4-14(5-7-15)19-12-13-3-8-17(22-2)16(18)11-13/h3-8,11,19,21H,9-10,12H2,1-2H3. The molecule has 2 aromatic rings. The van der Waals surface area contributed by atoms with Crippen molar-refractivity contribution in [2.24, 2.45) is 0 Å². The molecular formula is C17H21FN2O2. The highest BCUT2D eigenvalue weighted by molar-refractivity contribution is 5.55. The minimum atomic E-state index is -0.359. The molecule has 0 unspecified atom stereocenters. The number of likely N-dealkylation sites (N-methyl/N-ethyl adjacent to an activating group) is 1. The molecule has 0 aliphatic heterocycles. The summed E-state index contributed by atoms with van der Waals surface area (Å²) in [5.41, 5.74) is 2.84. The van der Waals surface area contributed by atoms with Gasteiger partial charge in [0, 0.05) is 31.5 Å². The Balaban J connectivity index is 1.95. The molecule has 22 heavy (non-hydrogen) atoms. The van der Waals surface area contributed by atoms with Crippen LogP contribution in [0.1, 0.15) is 5.56 Å². The van der Waals surface area contributed by atoms with Crippen LogP contribution in [0.15, 0.2) is 42.5 Å². The number of aliphatic hydroxyl groups excluding tert-OH is 1. The van der Waals surface area contributed by atoms with E-state index < -0.39 is 0 Å². The molecule has 4 nitrogen and oxygen atoms in total. The minimum Gasteiger partial charge on any atom is -0.494 e. The Morgan fingerprint density at radius 1 is 1.18 bits per heavy atom. The van der Waals surface area contributed by atoms with Crippen molar-refractivity contribution in [2.45, 2.75) is 6.54 Å². The molecule has 0 fully saturated rings. The average molecular weight is 304 g/mol. The van der Waals surface area contributed by atoms with Gasteiger partial charge in [-0.15, -0.1) is 0 Å². The predicted molar refractivity (Wildman–Crippen MR) is 87.1 cm³/mol. The Morgan fingerprint density at radius 2 is 1.91 bits per heavy atom. The normalized spacial score (nSPS) is 10.4. The van der Waals surface area contributed by atoms with Gasteiger partial charge in [0.15, 0.2) is 11.6 Å². The maximum absolute atomic E-state index is 13.6. The Kier molecular flexibility index (Phi) is 5.61. The molecule has 0 aliphatic rings. The van der Waals surface area contributed by atoms with Gasteiger partial charge in [0.25, 0.3) is 0 Å². The summed E-state index contributed by atoms with van der Waals surface area (Å²) in [5.74, 6) is -0.109. The zero-order valence-electron chi connectivity index (χ0n) is 12.8. The SMILES string of the molecule is COc1ccc(CNc2ccc(N(C)CCO)cc2)cc1F. The third kappa shape index (κ3) is 4.11. The number of nitrogens with one attached hydrogen (secondary N) is 1. The summed E-state index contributed by atoms with van der Waals surface area (Å²) in [6, 6.07) is 12.8. The fraction of sp³-hybridized carbons (Fsp3) is 0.294. The summed E-state index contributed by atoms with van der Waals surface area (Å²) in [6.45, 7) is 1.25. The van der Waals surface area contributed by atoms with Gasteiger partial charge in [-0.1, -0.05) is 6.07 Å². The van der Waals surface area contributed by atoms with Crippen LogP contribution in [0.2, 0.25) is 0 Å². The van der Waals surface area contributed by atoms with Crippen molar-refractivity contribution < 1.29 is 14.2 Å². The van der Waals surface area contributed by atoms with E-state index in [1.54, 1.807) is 6.07 Å². The van der Waals surface area contributed by atoms with Crippen LogP contribution in [0.5, 0.6) is 5.75 Å². The van der Waals surface area contributed by atoms with E-state index in [0.717, 1.165) is 16.9 Å². The Labute approximate surface area is 130 Å². The van der Waals surface area contributed by atoms with Gasteiger partial charge in [0.05, 0.1) is 13.7 Å². The van der Waals surface area contributed by atoms with Gasteiger partial charge >= 0.3 is 0 Å². The number of aliphatic hydroxyl groups is 1. The Hall–Kier alpha value is -2.27. The van der Waals surface area contributed by atoms with Crippen LogP contribution in [-0.2, 0) is 6.54 Å². The number of ether oxygens (including phenoxy) is 1. The van der Waals surface area contributed by atoms with E-state index in [2.05, 4.69) is 5.32 Å². The van der Waals surface area contributed by atoms with E-state index in [0.29, 0.717) is 13.1 Å². The molecule has 0 saturated carbocycles. The quantitative estimate of drug-likeness (QED) is 0.825. The van der Waals surface area contributed by atoms with Crippen molar-refractivity contribution in [1.82, 2.24) is 0 Å². The fourth-order valence-corrected chi connectivity index (χ4v) is 2.14. The molecule has 0 radical (unpaired) electrons. The molecule has 0 aromatic heterocycles. The van der Waals surface area contributed by atoms with E-state index in [4.69, 9.17) is 9.84 Å². The van der Waals surface area contributed by atoms with Crippen LogP contribution < -0.4 is 15.0 Å². The number of methoxy groups -OCH3 is 1. The van der Waals surface area contributed by atoms with Crippen molar-refractivity contribution in [3.63, 3.8) is 0 Å². The molecule has 0 atom stereocenters. The number of hydrogen-bond acceptors (Lipinski definition) is 4. The van der Waals surface area contributed by atoms with Gasteiger partial charge in [0.1, 0.15) is 0 Å². The van der Waals surface area contributed by atoms with Gasteiger partial charge in [-0.3, -0.25) is 0 Å². The number of benzene rings is 2. The van der Waals surface area contributed by atoms with Gasteiger partial charge in [-0.05, 0) is 42.0 Å². The first-order valence-corrected chi connectivity index (χ1v) is 7.12. The molecule has 118 valence electrons. The summed E-state index contributed by atoms with van der Waals surface area (Å²) in [5, 5.41) is 12.2. The van der Waals surface area contributed by atoms with Gasteiger partial charge in [0.2, 0.25) is 0 Å². The van der Waals surface area contributed by atoms with Crippen LogP contribution in [0.4, 0.5) is 15.8 Å². The maximum atomic E-state index is 13.6. The van der Waals surface area contributed by atoms with E-state index >= 15 is 0 Å². The van der Waals surface area contributed by atoms with Crippen molar-refractivity contribution in [3.8, 4) is 5.75 Å². The first-order valence-electron chi connectivity index (χ1n) is 7.12. The monoisotopic (exact) mass is 304 g/mol. The highest BCUT2D eigenvalue weighted by Gasteiger charge is 2.04. The second-order valence-electron chi connectivity index (χ2n) is 5.01. The van der Waals surface area contributed by atoms with Crippen molar-refractivity contribution in [3.05, 3.63) is 53.8 Å². The van der Waals surface area contributed by atoms with Crippen LogP contribution in [-0.4, -0.2) is 32.4 Å². The fourth-order valence-electron chi connectivity index (χ4n) is 2.14. The van der Waals surface area contributed by atoms with Crippen molar-refractivity contribution in [2.75, 3.05) is 37.5 Å². The largest absolute Gasteiger partial charge is 0.494 e. The second-order valence-corrected chi connectivity index (χ2v) is 5.01. The topological polar surface area (TPSA) is 44.7 Å². The zero-order chi connectivity index (χ0) is 15.9. The number of hydrogen-bond donors (Lipinski definition) is 2. The van der Waals surface area contributed by atoms with Crippen molar-refractivity contribution >= 4 is 11.4 Å². The lowest BCUT2D eigenvalue weighted by Gasteiger charge is -2.18. The summed E-state index contributed by atoms with van der Waals surface area (Å²) in [6.07, 6.45) is 0. The van der Waals surface area contributed by atoms with Crippen LogP contribution in [0.25, 0.3) is 0 Å². The number of halogens is 1. The average Bonchev–Trinajstić information content (AvgIpc) is 2.54. The molecule has 0 saturated heterocycles. The van der Waals surface area contributed by atoms with Crippen LogP contribution in [0.3, 0.4) is 0 Å².